The molecule has 0 aliphatic carbocycles. The quantitative estimate of drug-likeness (QED) is 0.782. The Bertz CT molecular complexity index is 641. The summed E-state index contributed by atoms with van der Waals surface area (Å²) < 4.78 is 14.7. The Balaban J connectivity index is 0.000000399. The van der Waals surface area contributed by atoms with Crippen LogP contribution in [0.5, 0.6) is 5.75 Å². The number of carbonyl (C=O) groups excluding carboxylic acids is 1. The normalized spacial score (nSPS) is 14.3. The van der Waals surface area contributed by atoms with Gasteiger partial charge in [0.25, 0.3) is 12.4 Å². The van der Waals surface area contributed by atoms with Crippen LogP contribution in [0.4, 0.5) is 0 Å². The summed E-state index contributed by atoms with van der Waals surface area (Å²) in [6, 6.07) is 7.63. The minimum absolute atomic E-state index is 0.431. The first-order valence-corrected chi connectivity index (χ1v) is 8.22. The average molecular weight is 348 g/mol. The van der Waals surface area contributed by atoms with Gasteiger partial charge in [-0.3, -0.25) is 9.69 Å². The van der Waals surface area contributed by atoms with Crippen LogP contribution < -0.4 is 10.1 Å². The zero-order chi connectivity index (χ0) is 17.9. The van der Waals surface area contributed by atoms with E-state index in [4.69, 9.17) is 9.26 Å². The fourth-order valence-electron chi connectivity index (χ4n) is 2.33. The van der Waals surface area contributed by atoms with Gasteiger partial charge in [0.05, 0.1) is 20.3 Å². The highest BCUT2D eigenvalue weighted by atomic mass is 16.5. The van der Waals surface area contributed by atoms with Crippen LogP contribution in [0.2, 0.25) is 0 Å². The van der Waals surface area contributed by atoms with Gasteiger partial charge in [0.15, 0.2) is 5.82 Å². The lowest BCUT2D eigenvalue weighted by molar-refractivity contribution is -0.128. The van der Waals surface area contributed by atoms with Crippen molar-refractivity contribution >= 4 is 6.47 Å². The lowest BCUT2D eigenvalue weighted by Gasteiger charge is -2.25. The summed E-state index contributed by atoms with van der Waals surface area (Å²) in [6.45, 7) is 7.46. The zero-order valence-corrected chi connectivity index (χ0v) is 14.6. The molecule has 136 valence electrons. The first-order chi connectivity index (χ1) is 12.3. The summed E-state index contributed by atoms with van der Waals surface area (Å²) in [5.74, 6) is 2.04. The lowest BCUT2D eigenvalue weighted by Crippen LogP contribution is -2.43. The van der Waals surface area contributed by atoms with Crippen LogP contribution in [0, 0.1) is 0 Å². The molecule has 1 aliphatic heterocycles. The number of piperazine rings is 1. The molecule has 0 bridgehead atoms. The van der Waals surface area contributed by atoms with Gasteiger partial charge in [0, 0.05) is 31.7 Å². The summed E-state index contributed by atoms with van der Waals surface area (Å²) in [5.41, 5.74) is 0.878. The molecule has 8 heteroatoms. The van der Waals surface area contributed by atoms with E-state index in [1.807, 2.05) is 24.3 Å². The third-order valence-electron chi connectivity index (χ3n) is 3.59. The maximum absolute atomic E-state index is 9.18. The summed E-state index contributed by atoms with van der Waals surface area (Å²) in [4.78, 5) is 16.0. The third-order valence-corrected chi connectivity index (χ3v) is 3.59. The molecule has 1 aromatic carbocycles. The average Bonchev–Trinajstić information content (AvgIpc) is 3.12. The lowest BCUT2D eigenvalue weighted by atomic mass is 10.2. The van der Waals surface area contributed by atoms with E-state index in [0.717, 1.165) is 49.9 Å². The molecule has 0 atom stereocenters. The van der Waals surface area contributed by atoms with Crippen LogP contribution in [0.1, 0.15) is 12.7 Å². The molecule has 3 rings (SSSR count). The standard InChI is InChI=1S/C14H18N4O2.C3H6O2/c1-19-12-4-2-3-11(9-12)14-16-13(17-20-14)10-18-7-5-15-6-8-18;1-2-5-3-4/h2-4,9,15H,5-8,10H2,1H3;3H,2H2,1H3. The fraction of sp³-hybridized carbons (Fsp3) is 0.471. The summed E-state index contributed by atoms with van der Waals surface area (Å²) in [7, 11) is 1.64. The van der Waals surface area contributed by atoms with Gasteiger partial charge < -0.3 is 19.3 Å². The van der Waals surface area contributed by atoms with Crippen molar-refractivity contribution in [1.29, 1.82) is 0 Å². The van der Waals surface area contributed by atoms with E-state index in [2.05, 4.69) is 25.1 Å². The molecule has 8 nitrogen and oxygen atoms in total. The summed E-state index contributed by atoms with van der Waals surface area (Å²) in [5, 5.41) is 7.38. The van der Waals surface area contributed by atoms with Crippen molar-refractivity contribution in [2.75, 3.05) is 39.9 Å². The molecule has 1 aromatic heterocycles. The molecule has 2 heterocycles. The number of carbonyl (C=O) groups is 1. The molecule has 2 aromatic rings. The second kappa shape index (κ2) is 10.4. The Morgan fingerprint density at radius 1 is 1.36 bits per heavy atom. The third kappa shape index (κ3) is 6.17. The topological polar surface area (TPSA) is 89.7 Å². The van der Waals surface area contributed by atoms with E-state index in [9.17, 15) is 4.79 Å². The summed E-state index contributed by atoms with van der Waals surface area (Å²) in [6.07, 6.45) is 0. The molecule has 0 amide bonds. The first-order valence-electron chi connectivity index (χ1n) is 8.22. The second-order valence-corrected chi connectivity index (χ2v) is 5.33. The minimum atomic E-state index is 0.431. The Kier molecular flexibility index (Phi) is 7.87. The van der Waals surface area contributed by atoms with Gasteiger partial charge in [-0.25, -0.2) is 0 Å². The van der Waals surface area contributed by atoms with E-state index in [1.165, 1.54) is 0 Å². The molecule has 1 N–H and O–H groups in total. The highest BCUT2D eigenvalue weighted by Crippen LogP contribution is 2.22. The van der Waals surface area contributed by atoms with Crippen molar-refractivity contribution in [3.05, 3.63) is 30.1 Å². The number of hydrogen-bond donors (Lipinski definition) is 1. The van der Waals surface area contributed by atoms with Gasteiger partial charge in [-0.2, -0.15) is 4.98 Å². The number of nitrogens with zero attached hydrogens (tertiary/aromatic N) is 3. The molecule has 1 aliphatic rings. The van der Waals surface area contributed by atoms with Crippen molar-refractivity contribution in [2.45, 2.75) is 13.5 Å². The number of nitrogens with one attached hydrogen (secondary N) is 1. The van der Waals surface area contributed by atoms with Crippen LogP contribution >= 0.6 is 0 Å². The highest BCUT2D eigenvalue weighted by Gasteiger charge is 2.15. The molecule has 0 saturated carbocycles. The van der Waals surface area contributed by atoms with Crippen LogP contribution in [0.15, 0.2) is 28.8 Å². The Labute approximate surface area is 147 Å². The Morgan fingerprint density at radius 2 is 2.16 bits per heavy atom. The van der Waals surface area contributed by atoms with E-state index in [-0.39, 0.29) is 0 Å². The maximum Gasteiger partial charge on any atom is 0.293 e. The van der Waals surface area contributed by atoms with E-state index in [0.29, 0.717) is 19.0 Å². The molecule has 1 fully saturated rings. The maximum atomic E-state index is 9.18. The largest absolute Gasteiger partial charge is 0.497 e. The van der Waals surface area contributed by atoms with Crippen molar-refractivity contribution < 1.29 is 18.8 Å². The van der Waals surface area contributed by atoms with Crippen molar-refractivity contribution in [3.63, 3.8) is 0 Å². The highest BCUT2D eigenvalue weighted by molar-refractivity contribution is 5.55. The Morgan fingerprint density at radius 3 is 2.80 bits per heavy atom. The minimum Gasteiger partial charge on any atom is -0.497 e. The smallest absolute Gasteiger partial charge is 0.293 e. The second-order valence-electron chi connectivity index (χ2n) is 5.33. The monoisotopic (exact) mass is 348 g/mol. The molecular weight excluding hydrogens is 324 g/mol. The van der Waals surface area contributed by atoms with Crippen LogP contribution in [0.25, 0.3) is 11.5 Å². The predicted molar refractivity (Wildman–Crippen MR) is 92.1 cm³/mol. The Hall–Kier alpha value is -2.45. The van der Waals surface area contributed by atoms with E-state index >= 15 is 0 Å². The molecule has 0 radical (unpaired) electrons. The number of hydrogen-bond acceptors (Lipinski definition) is 8. The van der Waals surface area contributed by atoms with Crippen LogP contribution in [0.3, 0.4) is 0 Å². The molecule has 25 heavy (non-hydrogen) atoms. The van der Waals surface area contributed by atoms with Crippen LogP contribution in [-0.4, -0.2) is 61.4 Å². The van der Waals surface area contributed by atoms with Crippen molar-refractivity contribution in [3.8, 4) is 17.2 Å². The molecule has 0 unspecified atom stereocenters. The number of benzene rings is 1. The van der Waals surface area contributed by atoms with Crippen molar-refractivity contribution in [1.82, 2.24) is 20.4 Å². The van der Waals surface area contributed by atoms with E-state index in [1.54, 1.807) is 14.0 Å². The van der Waals surface area contributed by atoms with Crippen LogP contribution in [-0.2, 0) is 16.1 Å². The number of ether oxygens (including phenoxy) is 2. The van der Waals surface area contributed by atoms with E-state index < -0.39 is 0 Å². The fourth-order valence-corrected chi connectivity index (χ4v) is 2.33. The summed E-state index contributed by atoms with van der Waals surface area (Å²) >= 11 is 0. The van der Waals surface area contributed by atoms with Gasteiger partial charge in [0.2, 0.25) is 0 Å². The van der Waals surface area contributed by atoms with Gasteiger partial charge in [-0.1, -0.05) is 11.2 Å². The molecule has 0 spiro atoms. The first kappa shape index (κ1) is 18.9. The molecular formula is C17H24N4O4. The zero-order valence-electron chi connectivity index (χ0n) is 14.6. The van der Waals surface area contributed by atoms with Gasteiger partial charge in [-0.05, 0) is 25.1 Å². The number of rotatable bonds is 6. The predicted octanol–water partition coefficient (Wildman–Crippen LogP) is 1.33. The number of methoxy groups -OCH3 is 1. The van der Waals surface area contributed by atoms with Gasteiger partial charge >= 0.3 is 0 Å². The van der Waals surface area contributed by atoms with Gasteiger partial charge in [0.1, 0.15) is 5.75 Å². The number of aromatic nitrogens is 2. The SMILES string of the molecule is CCOC=O.COc1cccc(-c2nc(CN3CCNCC3)no2)c1. The van der Waals surface area contributed by atoms with Crippen molar-refractivity contribution in [2.24, 2.45) is 0 Å². The van der Waals surface area contributed by atoms with Gasteiger partial charge in [-0.15, -0.1) is 0 Å². The molecule has 1 saturated heterocycles.